The normalized spacial score (nSPS) is 21.3. The predicted molar refractivity (Wildman–Crippen MR) is 104 cm³/mol. The number of imide groups is 1. The number of aromatic nitrogens is 4. The van der Waals surface area contributed by atoms with Crippen molar-refractivity contribution in [2.24, 2.45) is 0 Å². The molecule has 1 atom stereocenters. The Balaban J connectivity index is 1.32. The summed E-state index contributed by atoms with van der Waals surface area (Å²) in [5, 5.41) is 15.5. The van der Waals surface area contributed by atoms with Crippen molar-refractivity contribution >= 4 is 29.6 Å². The molecule has 11 heteroatoms. The van der Waals surface area contributed by atoms with E-state index in [9.17, 15) is 14.4 Å². The molecule has 1 saturated heterocycles. The van der Waals surface area contributed by atoms with Crippen molar-refractivity contribution in [1.82, 2.24) is 36.0 Å². The van der Waals surface area contributed by atoms with Gasteiger partial charge in [-0.05, 0) is 48.6 Å². The van der Waals surface area contributed by atoms with Crippen molar-refractivity contribution in [3.8, 4) is 0 Å². The van der Waals surface area contributed by atoms with Crippen LogP contribution in [-0.2, 0) is 16.0 Å². The number of hydrogen-bond acceptors (Lipinski definition) is 7. The molecule has 0 radical (unpaired) electrons. The molecule has 4 amide bonds. The van der Waals surface area contributed by atoms with Gasteiger partial charge in [0, 0.05) is 0 Å². The van der Waals surface area contributed by atoms with Crippen LogP contribution >= 0.6 is 11.8 Å². The summed E-state index contributed by atoms with van der Waals surface area (Å²) >= 11 is 1.17. The lowest BCUT2D eigenvalue weighted by atomic mass is 9.93. The first-order valence-corrected chi connectivity index (χ1v) is 10.4. The molecule has 1 unspecified atom stereocenters. The average molecular weight is 415 g/mol. The molecule has 0 spiro atoms. The lowest BCUT2D eigenvalue weighted by Gasteiger charge is -2.21. The number of nitrogens with zero attached hydrogens (tertiary/aromatic N) is 5. The monoisotopic (exact) mass is 415 g/mol. The second-order valence-electron chi connectivity index (χ2n) is 7.35. The highest BCUT2D eigenvalue weighted by Gasteiger charge is 2.48. The molecule has 2 aromatic rings. The van der Waals surface area contributed by atoms with Gasteiger partial charge >= 0.3 is 6.03 Å². The number of thioether (sulfide) groups is 1. The number of aryl methyl sites for hydroxylation is 1. The number of hydrogen-bond donors (Lipinski definition) is 2. The molecule has 1 saturated carbocycles. The number of urea groups is 1. The van der Waals surface area contributed by atoms with Crippen LogP contribution in [0, 0.1) is 0 Å². The van der Waals surface area contributed by atoms with Gasteiger partial charge in [-0.15, -0.1) is 5.10 Å². The van der Waals surface area contributed by atoms with E-state index >= 15 is 0 Å². The third-order valence-corrected chi connectivity index (χ3v) is 5.88. The van der Waals surface area contributed by atoms with Gasteiger partial charge in [0.25, 0.3) is 5.91 Å². The van der Waals surface area contributed by atoms with Gasteiger partial charge in [0.2, 0.25) is 11.1 Å². The lowest BCUT2D eigenvalue weighted by Crippen LogP contribution is -2.49. The molecule has 1 aromatic heterocycles. The van der Waals surface area contributed by atoms with Crippen LogP contribution in [0.1, 0.15) is 37.8 Å². The smallest absolute Gasteiger partial charge is 0.322 e. The Morgan fingerprint density at radius 3 is 2.79 bits per heavy atom. The van der Waals surface area contributed by atoms with Gasteiger partial charge in [-0.2, -0.15) is 5.01 Å². The minimum Gasteiger partial charge on any atom is -0.322 e. The second-order valence-corrected chi connectivity index (χ2v) is 8.29. The first-order valence-electron chi connectivity index (χ1n) is 9.37. The molecule has 1 aliphatic heterocycles. The fourth-order valence-electron chi connectivity index (χ4n) is 3.11. The van der Waals surface area contributed by atoms with Crippen LogP contribution in [0.25, 0.3) is 0 Å². The Kier molecular flexibility index (Phi) is 5.22. The van der Waals surface area contributed by atoms with Crippen LogP contribution in [0.15, 0.2) is 35.5 Å². The van der Waals surface area contributed by atoms with E-state index in [0.29, 0.717) is 24.0 Å². The number of hydrazine groups is 1. The maximum Gasteiger partial charge on any atom is 0.344 e. The fourth-order valence-corrected chi connectivity index (χ4v) is 3.85. The zero-order valence-electron chi connectivity index (χ0n) is 15.9. The van der Waals surface area contributed by atoms with Gasteiger partial charge < -0.3 is 5.32 Å². The summed E-state index contributed by atoms with van der Waals surface area (Å²) in [5.41, 5.74) is 2.40. The molecule has 1 aromatic carbocycles. The number of rotatable bonds is 8. The van der Waals surface area contributed by atoms with Gasteiger partial charge in [0.15, 0.2) is 0 Å². The number of amides is 4. The maximum absolute atomic E-state index is 12.8. The van der Waals surface area contributed by atoms with Crippen LogP contribution in [0.3, 0.4) is 0 Å². The molecule has 0 bridgehead atoms. The topological polar surface area (TPSA) is 122 Å². The summed E-state index contributed by atoms with van der Waals surface area (Å²) in [7, 11) is 0. The highest BCUT2D eigenvalue weighted by atomic mass is 32.2. The predicted octanol–water partition coefficient (Wildman–Crippen LogP) is 1.07. The van der Waals surface area contributed by atoms with Crippen molar-refractivity contribution in [3.05, 3.63) is 35.9 Å². The summed E-state index contributed by atoms with van der Waals surface area (Å²) in [4.78, 5) is 37.3. The standard InChI is InChI=1S/C18H21N7O3S/c1-18(10-9-12-5-3-2-4-6-12)15(27)25(16(28)19-18)21-14(26)11-29-17-20-22-23-24(17)13-7-8-13/h2-6,13H,7-11H2,1H3,(H,19,28)(H,21,26). The molecule has 2 heterocycles. The van der Waals surface area contributed by atoms with E-state index in [1.165, 1.54) is 11.8 Å². The molecule has 152 valence electrons. The van der Waals surface area contributed by atoms with Crippen LogP contribution in [0.2, 0.25) is 0 Å². The molecule has 2 fully saturated rings. The summed E-state index contributed by atoms with van der Waals surface area (Å²) in [6, 6.07) is 9.38. The van der Waals surface area contributed by atoms with E-state index in [1.54, 1.807) is 11.6 Å². The van der Waals surface area contributed by atoms with Crippen LogP contribution in [0.5, 0.6) is 0 Å². The van der Waals surface area contributed by atoms with Crippen molar-refractivity contribution < 1.29 is 14.4 Å². The van der Waals surface area contributed by atoms with Gasteiger partial charge in [-0.3, -0.25) is 15.0 Å². The van der Waals surface area contributed by atoms with Crippen LogP contribution < -0.4 is 10.7 Å². The number of carbonyl (C=O) groups excluding carboxylic acids is 3. The highest BCUT2D eigenvalue weighted by Crippen LogP contribution is 2.36. The largest absolute Gasteiger partial charge is 0.344 e. The Hall–Kier alpha value is -2.95. The van der Waals surface area contributed by atoms with Crippen molar-refractivity contribution in [3.63, 3.8) is 0 Å². The van der Waals surface area contributed by atoms with Crippen LogP contribution in [-0.4, -0.2) is 54.4 Å². The van der Waals surface area contributed by atoms with E-state index in [1.807, 2.05) is 30.3 Å². The minimum absolute atomic E-state index is 0.00904. The Bertz CT molecular complexity index is 931. The number of tetrazole rings is 1. The fraction of sp³-hybridized carbons (Fsp3) is 0.444. The molecule has 1 aliphatic carbocycles. The molecule has 29 heavy (non-hydrogen) atoms. The minimum atomic E-state index is -1.07. The van der Waals surface area contributed by atoms with E-state index < -0.39 is 23.4 Å². The molecular weight excluding hydrogens is 394 g/mol. The van der Waals surface area contributed by atoms with Gasteiger partial charge in [-0.25, -0.2) is 9.48 Å². The van der Waals surface area contributed by atoms with E-state index in [2.05, 4.69) is 26.3 Å². The third kappa shape index (κ3) is 4.24. The quantitative estimate of drug-likeness (QED) is 0.488. The SMILES string of the molecule is CC1(CCc2ccccc2)NC(=O)N(NC(=O)CSc2nnnn2C2CC2)C1=O. The zero-order chi connectivity index (χ0) is 20.4. The molecule has 4 rings (SSSR count). The molecule has 2 N–H and O–H groups in total. The number of benzene rings is 1. The molecular formula is C18H21N7O3S. The highest BCUT2D eigenvalue weighted by molar-refractivity contribution is 7.99. The first kappa shape index (κ1) is 19.4. The Morgan fingerprint density at radius 2 is 2.07 bits per heavy atom. The summed E-state index contributed by atoms with van der Waals surface area (Å²) in [5.74, 6) is -0.957. The summed E-state index contributed by atoms with van der Waals surface area (Å²) in [6.45, 7) is 1.67. The van der Waals surface area contributed by atoms with Crippen molar-refractivity contribution in [1.29, 1.82) is 0 Å². The van der Waals surface area contributed by atoms with E-state index in [4.69, 9.17) is 0 Å². The lowest BCUT2D eigenvalue weighted by molar-refractivity contribution is -0.138. The van der Waals surface area contributed by atoms with Gasteiger partial charge in [0.1, 0.15) is 5.54 Å². The maximum atomic E-state index is 12.8. The molecule has 2 aliphatic rings. The zero-order valence-corrected chi connectivity index (χ0v) is 16.7. The molecule has 10 nitrogen and oxygen atoms in total. The third-order valence-electron chi connectivity index (χ3n) is 4.94. The van der Waals surface area contributed by atoms with Gasteiger partial charge in [0.05, 0.1) is 11.8 Å². The van der Waals surface area contributed by atoms with Gasteiger partial charge in [-0.1, -0.05) is 42.1 Å². The van der Waals surface area contributed by atoms with E-state index in [-0.39, 0.29) is 5.75 Å². The number of nitrogens with one attached hydrogen (secondary N) is 2. The van der Waals surface area contributed by atoms with Crippen molar-refractivity contribution in [2.75, 3.05) is 5.75 Å². The van der Waals surface area contributed by atoms with Crippen molar-refractivity contribution in [2.45, 2.75) is 49.3 Å². The number of carbonyl (C=O) groups is 3. The second kappa shape index (κ2) is 7.82. The summed E-state index contributed by atoms with van der Waals surface area (Å²) < 4.78 is 1.70. The Morgan fingerprint density at radius 1 is 1.31 bits per heavy atom. The van der Waals surface area contributed by atoms with Crippen LogP contribution in [0.4, 0.5) is 4.79 Å². The average Bonchev–Trinajstić information content (AvgIpc) is 3.41. The van der Waals surface area contributed by atoms with E-state index in [0.717, 1.165) is 23.4 Å². The Labute approximate surface area is 171 Å². The summed E-state index contributed by atoms with van der Waals surface area (Å²) in [6.07, 6.45) is 3.10. The first-order chi connectivity index (χ1) is 14.0.